The molecular weight excluding hydrogens is 276 g/mol. The van der Waals surface area contributed by atoms with E-state index >= 15 is 0 Å². The van der Waals surface area contributed by atoms with Gasteiger partial charge in [-0.2, -0.15) is 0 Å². The molecule has 0 aromatic rings. The molecule has 2 saturated heterocycles. The third-order valence-corrected chi connectivity index (χ3v) is 7.49. The average Bonchev–Trinajstić information content (AvgIpc) is 2.69. The molecule has 2 rings (SSSR count). The maximum atomic E-state index is 12.0. The maximum absolute atomic E-state index is 12.0. The van der Waals surface area contributed by atoms with Gasteiger partial charge >= 0.3 is 0 Å². The van der Waals surface area contributed by atoms with Crippen molar-refractivity contribution in [1.29, 1.82) is 0 Å². The third-order valence-electron chi connectivity index (χ3n) is 3.66. The minimum absolute atomic E-state index is 0.00801. The van der Waals surface area contributed by atoms with E-state index in [1.807, 2.05) is 0 Å². The van der Waals surface area contributed by atoms with Gasteiger partial charge < -0.3 is 5.32 Å². The van der Waals surface area contributed by atoms with Gasteiger partial charge in [-0.3, -0.25) is 0 Å². The van der Waals surface area contributed by atoms with Gasteiger partial charge in [0, 0.05) is 6.54 Å². The van der Waals surface area contributed by atoms with Crippen molar-refractivity contribution >= 4 is 19.9 Å². The van der Waals surface area contributed by atoms with Gasteiger partial charge in [-0.15, -0.1) is 0 Å². The lowest BCUT2D eigenvalue weighted by Gasteiger charge is -2.23. The molecule has 0 aliphatic carbocycles. The third kappa shape index (κ3) is 3.66. The van der Waals surface area contributed by atoms with Crippen LogP contribution in [0, 0.1) is 5.92 Å². The van der Waals surface area contributed by atoms with E-state index in [0.717, 1.165) is 25.9 Å². The highest BCUT2D eigenvalue weighted by Crippen LogP contribution is 2.19. The van der Waals surface area contributed by atoms with Crippen LogP contribution in [0.5, 0.6) is 0 Å². The number of sulfonamides is 1. The smallest absolute Gasteiger partial charge is 0.215 e. The van der Waals surface area contributed by atoms with E-state index < -0.39 is 25.1 Å². The summed E-state index contributed by atoms with van der Waals surface area (Å²) in [5.41, 5.74) is 0. The van der Waals surface area contributed by atoms with Gasteiger partial charge in [0.2, 0.25) is 10.0 Å². The SMILES string of the molecule is O=S1(=O)CCC(S(=O)(=O)NCC2CCNCC2)C1. The summed E-state index contributed by atoms with van der Waals surface area (Å²) in [7, 11) is -6.63. The normalized spacial score (nSPS) is 29.4. The Morgan fingerprint density at radius 2 is 1.83 bits per heavy atom. The molecule has 6 nitrogen and oxygen atoms in total. The molecule has 0 saturated carbocycles. The molecule has 8 heteroatoms. The van der Waals surface area contributed by atoms with E-state index in [-0.39, 0.29) is 17.9 Å². The summed E-state index contributed by atoms with van der Waals surface area (Å²) in [4.78, 5) is 0. The van der Waals surface area contributed by atoms with Crippen LogP contribution in [0.2, 0.25) is 0 Å². The average molecular weight is 296 g/mol. The van der Waals surface area contributed by atoms with Gasteiger partial charge in [0.05, 0.1) is 16.8 Å². The Morgan fingerprint density at radius 1 is 1.17 bits per heavy atom. The Hall–Kier alpha value is -0.180. The molecule has 2 aliphatic heterocycles. The lowest BCUT2D eigenvalue weighted by Crippen LogP contribution is -2.40. The minimum Gasteiger partial charge on any atom is -0.317 e. The molecule has 0 aromatic carbocycles. The highest BCUT2D eigenvalue weighted by atomic mass is 32.2. The van der Waals surface area contributed by atoms with E-state index in [1.54, 1.807) is 0 Å². The quantitative estimate of drug-likeness (QED) is 0.701. The zero-order chi connectivity index (χ0) is 13.2. The number of sulfone groups is 1. The maximum Gasteiger partial charge on any atom is 0.215 e. The molecule has 2 N–H and O–H groups in total. The van der Waals surface area contributed by atoms with Gasteiger partial charge in [0.25, 0.3) is 0 Å². The fraction of sp³-hybridized carbons (Fsp3) is 1.00. The Kier molecular flexibility index (Phi) is 4.30. The van der Waals surface area contributed by atoms with Crippen molar-refractivity contribution in [1.82, 2.24) is 10.0 Å². The van der Waals surface area contributed by atoms with Gasteiger partial charge in [-0.05, 0) is 38.3 Å². The lowest BCUT2D eigenvalue weighted by atomic mass is 9.99. The van der Waals surface area contributed by atoms with Crippen LogP contribution in [0.4, 0.5) is 0 Å². The molecule has 106 valence electrons. The molecule has 0 amide bonds. The van der Waals surface area contributed by atoms with Gasteiger partial charge in [0.15, 0.2) is 9.84 Å². The first-order chi connectivity index (χ1) is 8.39. The topological polar surface area (TPSA) is 92.3 Å². The molecule has 0 radical (unpaired) electrons. The predicted molar refractivity (Wildman–Crippen MR) is 69.6 cm³/mol. The predicted octanol–water partition coefficient (Wildman–Crippen LogP) is -0.907. The van der Waals surface area contributed by atoms with Crippen molar-refractivity contribution in [2.24, 2.45) is 5.92 Å². The second kappa shape index (κ2) is 5.44. The van der Waals surface area contributed by atoms with Crippen LogP contribution in [-0.2, 0) is 19.9 Å². The van der Waals surface area contributed by atoms with Crippen LogP contribution in [0.1, 0.15) is 19.3 Å². The highest BCUT2D eigenvalue weighted by molar-refractivity contribution is 7.95. The fourth-order valence-corrected chi connectivity index (χ4v) is 6.61. The highest BCUT2D eigenvalue weighted by Gasteiger charge is 2.37. The summed E-state index contributed by atoms with van der Waals surface area (Å²) in [6.45, 7) is 2.27. The summed E-state index contributed by atoms with van der Waals surface area (Å²) >= 11 is 0. The number of hydrogen-bond donors (Lipinski definition) is 2. The summed E-state index contributed by atoms with van der Waals surface area (Å²) in [6.07, 6.45) is 2.15. The Bertz CT molecular complexity index is 480. The second-order valence-electron chi connectivity index (χ2n) is 5.11. The molecule has 0 aromatic heterocycles. The zero-order valence-electron chi connectivity index (χ0n) is 10.3. The first-order valence-corrected chi connectivity index (χ1v) is 9.65. The van der Waals surface area contributed by atoms with Crippen LogP contribution in [0.15, 0.2) is 0 Å². The van der Waals surface area contributed by atoms with Crippen molar-refractivity contribution in [2.45, 2.75) is 24.5 Å². The summed E-state index contributed by atoms with van der Waals surface area (Å²) < 4.78 is 49.1. The molecule has 2 fully saturated rings. The van der Waals surface area contributed by atoms with Crippen molar-refractivity contribution in [3.8, 4) is 0 Å². The van der Waals surface area contributed by atoms with Crippen molar-refractivity contribution in [3.63, 3.8) is 0 Å². The standard InChI is InChI=1S/C10H20N2O4S2/c13-17(14)6-3-10(8-17)18(15,16)12-7-9-1-4-11-5-2-9/h9-12H,1-8H2. The zero-order valence-corrected chi connectivity index (χ0v) is 11.9. The Morgan fingerprint density at radius 3 is 2.39 bits per heavy atom. The van der Waals surface area contributed by atoms with E-state index in [2.05, 4.69) is 10.0 Å². The van der Waals surface area contributed by atoms with E-state index in [1.165, 1.54) is 0 Å². The van der Waals surface area contributed by atoms with E-state index in [4.69, 9.17) is 0 Å². The number of rotatable bonds is 4. The Balaban J connectivity index is 1.87. The first-order valence-electron chi connectivity index (χ1n) is 6.29. The van der Waals surface area contributed by atoms with Crippen LogP contribution < -0.4 is 10.0 Å². The van der Waals surface area contributed by atoms with Crippen molar-refractivity contribution in [3.05, 3.63) is 0 Å². The largest absolute Gasteiger partial charge is 0.317 e. The van der Waals surface area contributed by atoms with Crippen molar-refractivity contribution in [2.75, 3.05) is 31.1 Å². The number of hydrogen-bond acceptors (Lipinski definition) is 5. The molecule has 0 spiro atoms. The summed E-state index contributed by atoms with van der Waals surface area (Å²) in [5, 5.41) is 2.46. The van der Waals surface area contributed by atoms with Crippen LogP contribution in [-0.4, -0.2) is 53.2 Å². The van der Waals surface area contributed by atoms with Gasteiger partial charge in [-0.25, -0.2) is 21.6 Å². The van der Waals surface area contributed by atoms with Gasteiger partial charge in [-0.1, -0.05) is 0 Å². The van der Waals surface area contributed by atoms with Crippen LogP contribution >= 0.6 is 0 Å². The van der Waals surface area contributed by atoms with Gasteiger partial charge in [0.1, 0.15) is 0 Å². The van der Waals surface area contributed by atoms with Crippen LogP contribution in [0.25, 0.3) is 0 Å². The van der Waals surface area contributed by atoms with E-state index in [0.29, 0.717) is 12.5 Å². The number of piperidine rings is 1. The lowest BCUT2D eigenvalue weighted by molar-refractivity contribution is 0.372. The van der Waals surface area contributed by atoms with E-state index in [9.17, 15) is 16.8 Å². The molecule has 18 heavy (non-hydrogen) atoms. The molecule has 0 bridgehead atoms. The summed E-state index contributed by atoms with van der Waals surface area (Å²) in [6, 6.07) is 0. The monoisotopic (exact) mass is 296 g/mol. The molecule has 2 heterocycles. The second-order valence-corrected chi connectivity index (χ2v) is 9.39. The molecule has 1 unspecified atom stereocenters. The van der Waals surface area contributed by atoms with Crippen molar-refractivity contribution < 1.29 is 16.8 Å². The molecule has 1 atom stereocenters. The Labute approximate surface area is 108 Å². The first kappa shape index (κ1) is 14.2. The minimum atomic E-state index is -3.48. The molecule has 2 aliphatic rings. The fourth-order valence-electron chi connectivity index (χ4n) is 2.44. The van der Waals surface area contributed by atoms with Crippen LogP contribution in [0.3, 0.4) is 0 Å². The summed E-state index contributed by atoms with van der Waals surface area (Å²) in [5.74, 6) is 0.125. The molecular formula is C10H20N2O4S2. The number of nitrogens with one attached hydrogen (secondary N) is 2.